The van der Waals surface area contributed by atoms with Crippen LogP contribution in [0.15, 0.2) is 78.9 Å². The van der Waals surface area contributed by atoms with E-state index in [0.29, 0.717) is 34.2 Å². The first-order valence-corrected chi connectivity index (χ1v) is 11.5. The zero-order chi connectivity index (χ0) is 22.1. The molecule has 2 N–H and O–H groups in total. The molecule has 0 unspecified atom stereocenters. The van der Waals surface area contributed by atoms with Crippen LogP contribution in [-0.2, 0) is 4.79 Å². The minimum Gasteiger partial charge on any atom is -0.457 e. The highest BCUT2D eigenvalue weighted by atomic mass is 35.5. The molecule has 3 rings (SSSR count). The van der Waals surface area contributed by atoms with Gasteiger partial charge < -0.3 is 15.4 Å². The first-order valence-electron chi connectivity index (χ1n) is 9.75. The molecule has 0 aliphatic rings. The maximum atomic E-state index is 12.9. The summed E-state index contributed by atoms with van der Waals surface area (Å²) < 4.78 is 5.82. The molecule has 0 aromatic heterocycles. The molecule has 0 saturated heterocycles. The maximum Gasteiger partial charge on any atom is 0.253 e. The fourth-order valence-corrected chi connectivity index (χ4v) is 3.57. The van der Waals surface area contributed by atoms with E-state index in [2.05, 4.69) is 10.6 Å². The van der Waals surface area contributed by atoms with E-state index in [1.807, 2.05) is 42.7 Å². The van der Waals surface area contributed by atoms with E-state index in [4.69, 9.17) is 16.3 Å². The Bertz CT molecular complexity index is 1030. The number of hydrogen-bond acceptors (Lipinski definition) is 4. The number of hydrogen-bond donors (Lipinski definition) is 2. The van der Waals surface area contributed by atoms with Crippen molar-refractivity contribution in [3.05, 3.63) is 89.4 Å². The van der Waals surface area contributed by atoms with Crippen LogP contribution in [0.4, 0.5) is 5.69 Å². The van der Waals surface area contributed by atoms with Crippen molar-refractivity contribution in [1.29, 1.82) is 0 Å². The van der Waals surface area contributed by atoms with E-state index in [1.165, 1.54) is 0 Å². The van der Waals surface area contributed by atoms with Gasteiger partial charge in [-0.05, 0) is 54.8 Å². The average molecular weight is 455 g/mol. The average Bonchev–Trinajstić information content (AvgIpc) is 2.77. The number of ether oxygens (including phenoxy) is 1. The molecule has 0 bridgehead atoms. The first kappa shape index (κ1) is 22.7. The number of anilines is 1. The van der Waals surface area contributed by atoms with Crippen LogP contribution in [0.1, 0.15) is 16.8 Å². The second kappa shape index (κ2) is 11.4. The number of carbonyl (C=O) groups excluding carboxylic acids is 2. The van der Waals surface area contributed by atoms with Crippen LogP contribution < -0.4 is 15.4 Å². The Hall–Kier alpha value is -2.96. The van der Waals surface area contributed by atoms with Crippen molar-refractivity contribution in [2.24, 2.45) is 0 Å². The van der Waals surface area contributed by atoms with Gasteiger partial charge in [-0.2, -0.15) is 11.8 Å². The summed E-state index contributed by atoms with van der Waals surface area (Å²) in [5.41, 5.74) is 0.920. The van der Waals surface area contributed by atoms with E-state index < -0.39 is 6.04 Å². The number of carbonyl (C=O) groups is 2. The molecule has 0 fully saturated rings. The van der Waals surface area contributed by atoms with Gasteiger partial charge in [0.25, 0.3) is 5.91 Å². The summed E-state index contributed by atoms with van der Waals surface area (Å²) in [4.78, 5) is 25.6. The predicted octanol–water partition coefficient (Wildman–Crippen LogP) is 5.62. The maximum absolute atomic E-state index is 12.9. The van der Waals surface area contributed by atoms with Crippen LogP contribution >= 0.6 is 23.4 Å². The third-order valence-corrected chi connectivity index (χ3v) is 5.40. The van der Waals surface area contributed by atoms with Crippen LogP contribution in [0.25, 0.3) is 0 Å². The summed E-state index contributed by atoms with van der Waals surface area (Å²) in [6, 6.07) is 22.6. The molecule has 0 spiro atoms. The Labute approximate surface area is 191 Å². The van der Waals surface area contributed by atoms with Crippen molar-refractivity contribution in [1.82, 2.24) is 5.32 Å². The third-order valence-electron chi connectivity index (χ3n) is 4.43. The Kier molecular flexibility index (Phi) is 8.38. The summed E-state index contributed by atoms with van der Waals surface area (Å²) in [6.07, 6.45) is 2.44. The molecule has 0 heterocycles. The van der Waals surface area contributed by atoms with E-state index in [1.54, 1.807) is 54.2 Å². The van der Waals surface area contributed by atoms with Gasteiger partial charge in [-0.1, -0.05) is 48.0 Å². The number of nitrogens with one attached hydrogen (secondary N) is 2. The summed E-state index contributed by atoms with van der Waals surface area (Å²) >= 11 is 7.73. The number of thioether (sulfide) groups is 1. The summed E-state index contributed by atoms with van der Waals surface area (Å²) in [7, 11) is 0. The van der Waals surface area contributed by atoms with Crippen molar-refractivity contribution in [3.63, 3.8) is 0 Å². The zero-order valence-corrected chi connectivity index (χ0v) is 18.6. The van der Waals surface area contributed by atoms with Gasteiger partial charge in [0.2, 0.25) is 5.91 Å². The molecule has 0 radical (unpaired) electrons. The Morgan fingerprint density at radius 1 is 0.968 bits per heavy atom. The lowest BCUT2D eigenvalue weighted by molar-refractivity contribution is -0.118. The third kappa shape index (κ3) is 6.77. The van der Waals surface area contributed by atoms with Gasteiger partial charge in [-0.3, -0.25) is 9.59 Å². The highest BCUT2D eigenvalue weighted by molar-refractivity contribution is 7.98. The Morgan fingerprint density at radius 2 is 1.68 bits per heavy atom. The molecule has 1 atom stereocenters. The summed E-state index contributed by atoms with van der Waals surface area (Å²) in [5.74, 6) is 1.35. The van der Waals surface area contributed by atoms with Crippen LogP contribution in [0, 0.1) is 0 Å². The standard InChI is InChI=1S/C24H23ClN2O3S/c1-31-15-14-22(27-23(28)20-12-5-6-13-21(20)25)24(29)26-17-8-7-11-19(16-17)30-18-9-3-2-4-10-18/h2-13,16,22H,14-15H2,1H3,(H,26,29)(H,27,28)/t22-/m0/s1. The molecule has 3 aromatic carbocycles. The second-order valence-corrected chi connectivity index (χ2v) is 8.11. The molecule has 0 aliphatic carbocycles. The SMILES string of the molecule is CSCC[C@H](NC(=O)c1ccccc1Cl)C(=O)Nc1cccc(Oc2ccccc2)c1. The van der Waals surface area contributed by atoms with Gasteiger partial charge in [-0.15, -0.1) is 0 Å². The quantitative estimate of drug-likeness (QED) is 0.440. The van der Waals surface area contributed by atoms with E-state index in [0.717, 1.165) is 5.75 Å². The van der Waals surface area contributed by atoms with Crippen LogP contribution in [-0.4, -0.2) is 29.9 Å². The highest BCUT2D eigenvalue weighted by Crippen LogP contribution is 2.24. The van der Waals surface area contributed by atoms with Crippen LogP contribution in [0.5, 0.6) is 11.5 Å². The fraction of sp³-hybridized carbons (Fsp3) is 0.167. The van der Waals surface area contributed by atoms with E-state index in [-0.39, 0.29) is 11.8 Å². The van der Waals surface area contributed by atoms with Crippen molar-refractivity contribution in [2.45, 2.75) is 12.5 Å². The lowest BCUT2D eigenvalue weighted by Crippen LogP contribution is -2.44. The van der Waals surface area contributed by atoms with Gasteiger partial charge in [0.1, 0.15) is 17.5 Å². The monoisotopic (exact) mass is 454 g/mol. The molecule has 0 aliphatic heterocycles. The summed E-state index contributed by atoms with van der Waals surface area (Å²) in [6.45, 7) is 0. The number of halogens is 1. The minimum atomic E-state index is -0.699. The first-order chi connectivity index (χ1) is 15.1. The minimum absolute atomic E-state index is 0.300. The predicted molar refractivity (Wildman–Crippen MR) is 127 cm³/mol. The number of rotatable bonds is 9. The van der Waals surface area contributed by atoms with Gasteiger partial charge in [0, 0.05) is 11.8 Å². The largest absolute Gasteiger partial charge is 0.457 e. The normalized spacial score (nSPS) is 11.4. The molecule has 0 saturated carbocycles. The molecule has 160 valence electrons. The van der Waals surface area contributed by atoms with Crippen molar-refractivity contribution >= 4 is 40.9 Å². The zero-order valence-electron chi connectivity index (χ0n) is 17.0. The van der Waals surface area contributed by atoms with Crippen LogP contribution in [0.3, 0.4) is 0 Å². The number of benzene rings is 3. The molecular weight excluding hydrogens is 432 g/mol. The summed E-state index contributed by atoms with van der Waals surface area (Å²) in [5, 5.41) is 6.02. The second-order valence-electron chi connectivity index (χ2n) is 6.72. The van der Waals surface area contributed by atoms with Gasteiger partial charge in [0.15, 0.2) is 0 Å². The van der Waals surface area contributed by atoms with E-state index in [9.17, 15) is 9.59 Å². The smallest absolute Gasteiger partial charge is 0.253 e. The lowest BCUT2D eigenvalue weighted by Gasteiger charge is -2.19. The molecule has 3 aromatic rings. The number of amides is 2. The van der Waals surface area contributed by atoms with Gasteiger partial charge in [0.05, 0.1) is 10.6 Å². The molecule has 5 nitrogen and oxygen atoms in total. The van der Waals surface area contributed by atoms with Gasteiger partial charge in [-0.25, -0.2) is 0 Å². The fourth-order valence-electron chi connectivity index (χ4n) is 2.88. The Balaban J connectivity index is 1.69. The molecule has 7 heteroatoms. The van der Waals surface area contributed by atoms with Crippen molar-refractivity contribution in [2.75, 3.05) is 17.3 Å². The lowest BCUT2D eigenvalue weighted by atomic mass is 10.1. The van der Waals surface area contributed by atoms with Gasteiger partial charge >= 0.3 is 0 Å². The topological polar surface area (TPSA) is 67.4 Å². The molecule has 31 heavy (non-hydrogen) atoms. The van der Waals surface area contributed by atoms with Crippen molar-refractivity contribution in [3.8, 4) is 11.5 Å². The van der Waals surface area contributed by atoms with Crippen molar-refractivity contribution < 1.29 is 14.3 Å². The Morgan fingerprint density at radius 3 is 2.42 bits per heavy atom. The highest BCUT2D eigenvalue weighted by Gasteiger charge is 2.22. The van der Waals surface area contributed by atoms with Crippen LogP contribution in [0.2, 0.25) is 5.02 Å². The van der Waals surface area contributed by atoms with E-state index >= 15 is 0 Å². The molecular formula is C24H23ClN2O3S. The molecule has 2 amide bonds. The number of para-hydroxylation sites is 1.